The molecule has 0 spiro atoms. The van der Waals surface area contributed by atoms with E-state index in [4.69, 9.17) is 58.0 Å². The molecule has 104 valence electrons. The van der Waals surface area contributed by atoms with Gasteiger partial charge in [0, 0.05) is 16.0 Å². The molecule has 0 aliphatic heterocycles. The first kappa shape index (κ1) is 16.0. The Kier molecular flexibility index (Phi) is 5.65. The van der Waals surface area contributed by atoms with Crippen molar-refractivity contribution >= 4 is 58.0 Å². The maximum Gasteiger partial charge on any atom is 0.122 e. The first-order valence-corrected chi connectivity index (χ1v) is 7.59. The lowest BCUT2D eigenvalue weighted by Gasteiger charge is -2.18. The van der Waals surface area contributed by atoms with Gasteiger partial charge in [0.2, 0.25) is 0 Å². The van der Waals surface area contributed by atoms with E-state index in [1.165, 1.54) is 0 Å². The number of hydrogen-bond donors (Lipinski definition) is 0. The van der Waals surface area contributed by atoms with Crippen LogP contribution in [0, 0.1) is 0 Å². The molecule has 0 atom stereocenters. The Labute approximate surface area is 142 Å². The minimum atomic E-state index is -0.254. The van der Waals surface area contributed by atoms with Gasteiger partial charge in [-0.2, -0.15) is 0 Å². The molecule has 2 aromatic rings. The Balaban J connectivity index is 2.53. The zero-order chi connectivity index (χ0) is 14.7. The van der Waals surface area contributed by atoms with E-state index in [-0.39, 0.29) is 10.4 Å². The number of allylic oxidation sites excluding steroid dienone is 1. The molecule has 0 aliphatic rings. The summed E-state index contributed by atoms with van der Waals surface area (Å²) in [5.41, 5.74) is 1.89. The summed E-state index contributed by atoms with van der Waals surface area (Å²) in [6, 6.07) is 14.7. The molecule has 5 heteroatoms. The fourth-order valence-electron chi connectivity index (χ4n) is 1.90. The molecule has 0 nitrogen and oxygen atoms in total. The largest absolute Gasteiger partial charge is 0.122 e. The van der Waals surface area contributed by atoms with Crippen LogP contribution >= 0.6 is 58.0 Å². The van der Waals surface area contributed by atoms with Crippen LogP contribution in [-0.4, -0.2) is 0 Å². The zero-order valence-electron chi connectivity index (χ0n) is 10.1. The summed E-state index contributed by atoms with van der Waals surface area (Å²) < 4.78 is 0.0431. The van der Waals surface area contributed by atoms with Crippen molar-refractivity contribution < 1.29 is 0 Å². The molecule has 0 fully saturated rings. The molecule has 2 aromatic carbocycles. The lowest BCUT2D eigenvalue weighted by Crippen LogP contribution is -2.02. The molecular weight excluding hydrogens is 357 g/mol. The van der Waals surface area contributed by atoms with E-state index in [9.17, 15) is 0 Å². The molecule has 0 saturated carbocycles. The van der Waals surface area contributed by atoms with Gasteiger partial charge < -0.3 is 0 Å². The monoisotopic (exact) mass is 364 g/mol. The predicted octanol–water partition coefficient (Wildman–Crippen LogP) is 7.01. The van der Waals surface area contributed by atoms with Gasteiger partial charge in [0.15, 0.2) is 0 Å². The van der Waals surface area contributed by atoms with E-state index in [0.29, 0.717) is 15.1 Å². The van der Waals surface area contributed by atoms with E-state index in [1.54, 1.807) is 24.3 Å². The summed E-state index contributed by atoms with van der Waals surface area (Å²) in [5.74, 6) is -0.254. The number of benzene rings is 2. The highest BCUT2D eigenvalue weighted by Crippen LogP contribution is 2.38. The van der Waals surface area contributed by atoms with E-state index in [1.807, 2.05) is 24.3 Å². The smallest absolute Gasteiger partial charge is 0.0855 e. The number of halogens is 5. The third-order valence-electron chi connectivity index (χ3n) is 2.84. The first-order valence-electron chi connectivity index (χ1n) is 5.70. The number of rotatable bonds is 3. The molecule has 0 amide bonds. The van der Waals surface area contributed by atoms with Crippen molar-refractivity contribution in [2.45, 2.75) is 5.92 Å². The molecule has 0 radical (unpaired) electrons. The highest BCUT2D eigenvalue weighted by molar-refractivity contribution is 6.59. The van der Waals surface area contributed by atoms with Crippen LogP contribution in [0.2, 0.25) is 10.0 Å². The highest BCUT2D eigenvalue weighted by atomic mass is 35.5. The van der Waals surface area contributed by atoms with Crippen molar-refractivity contribution in [1.82, 2.24) is 0 Å². The van der Waals surface area contributed by atoms with E-state index in [2.05, 4.69) is 0 Å². The molecule has 0 saturated heterocycles. The summed E-state index contributed by atoms with van der Waals surface area (Å²) in [6.07, 6.45) is 0. The van der Waals surface area contributed by atoms with Crippen molar-refractivity contribution in [3.05, 3.63) is 79.2 Å². The van der Waals surface area contributed by atoms with Gasteiger partial charge in [-0.15, -0.1) is 0 Å². The third-order valence-corrected chi connectivity index (χ3v) is 4.35. The molecule has 0 unspecified atom stereocenters. The minimum absolute atomic E-state index is 0.0431. The molecule has 20 heavy (non-hydrogen) atoms. The van der Waals surface area contributed by atoms with Crippen LogP contribution in [0.4, 0.5) is 0 Å². The van der Waals surface area contributed by atoms with Gasteiger partial charge in [-0.25, -0.2) is 0 Å². The minimum Gasteiger partial charge on any atom is -0.0855 e. The second-order valence-electron chi connectivity index (χ2n) is 4.14. The van der Waals surface area contributed by atoms with Crippen molar-refractivity contribution in [1.29, 1.82) is 0 Å². The highest BCUT2D eigenvalue weighted by Gasteiger charge is 2.20. The zero-order valence-corrected chi connectivity index (χ0v) is 13.9. The lowest BCUT2D eigenvalue weighted by atomic mass is 9.91. The molecular formula is C15H9Cl5. The summed E-state index contributed by atoms with van der Waals surface area (Å²) in [6.45, 7) is 0. The van der Waals surface area contributed by atoms with Gasteiger partial charge in [-0.1, -0.05) is 82.3 Å². The second kappa shape index (κ2) is 7.06. The Morgan fingerprint density at radius 2 is 1.00 bits per heavy atom. The molecule has 2 rings (SSSR count). The van der Waals surface area contributed by atoms with E-state index < -0.39 is 0 Å². The fourth-order valence-corrected chi connectivity index (χ4v) is 2.63. The second-order valence-corrected chi connectivity index (χ2v) is 6.37. The van der Waals surface area contributed by atoms with Crippen LogP contribution in [-0.2, 0) is 0 Å². The molecule has 0 N–H and O–H groups in total. The maximum absolute atomic E-state index is 6.28. The summed E-state index contributed by atoms with van der Waals surface area (Å²) in [4.78, 5) is 0. The Morgan fingerprint density at radius 3 is 1.30 bits per heavy atom. The normalized spacial score (nSPS) is 10.7. The lowest BCUT2D eigenvalue weighted by molar-refractivity contribution is 1.01. The van der Waals surface area contributed by atoms with Crippen molar-refractivity contribution in [3.63, 3.8) is 0 Å². The fraction of sp³-hybridized carbons (Fsp3) is 0.0667. The van der Waals surface area contributed by atoms with Crippen molar-refractivity contribution in [2.75, 3.05) is 0 Å². The van der Waals surface area contributed by atoms with Crippen LogP contribution in [0.1, 0.15) is 17.0 Å². The van der Waals surface area contributed by atoms with Crippen molar-refractivity contribution in [3.8, 4) is 0 Å². The van der Waals surface area contributed by atoms with Gasteiger partial charge in [0.25, 0.3) is 0 Å². The van der Waals surface area contributed by atoms with Crippen LogP contribution in [0.25, 0.3) is 0 Å². The van der Waals surface area contributed by atoms with Crippen molar-refractivity contribution in [2.24, 2.45) is 0 Å². The molecule has 0 aliphatic carbocycles. The van der Waals surface area contributed by atoms with E-state index in [0.717, 1.165) is 11.1 Å². The van der Waals surface area contributed by atoms with Gasteiger partial charge in [0.1, 0.15) is 4.49 Å². The van der Waals surface area contributed by atoms with Gasteiger partial charge >= 0.3 is 0 Å². The Hall–Kier alpha value is -0.370. The first-order chi connectivity index (χ1) is 9.49. The van der Waals surface area contributed by atoms with Gasteiger partial charge in [-0.3, -0.25) is 0 Å². The average molecular weight is 367 g/mol. The predicted molar refractivity (Wildman–Crippen MR) is 89.3 cm³/mol. The standard InChI is InChI=1S/C15H9Cl5/c16-11-5-1-9(2-6-11)13(14(18)15(19)20)10-3-7-12(17)8-4-10/h1-8,13H. The third kappa shape index (κ3) is 3.84. The van der Waals surface area contributed by atoms with Crippen LogP contribution in [0.3, 0.4) is 0 Å². The topological polar surface area (TPSA) is 0 Å². The summed E-state index contributed by atoms with van der Waals surface area (Å²) in [7, 11) is 0. The van der Waals surface area contributed by atoms with Crippen LogP contribution < -0.4 is 0 Å². The SMILES string of the molecule is ClC(Cl)=C(Cl)C(c1ccc(Cl)cc1)c1ccc(Cl)cc1. The summed E-state index contributed by atoms with van der Waals surface area (Å²) >= 11 is 29.8. The summed E-state index contributed by atoms with van der Waals surface area (Å²) in [5, 5.41) is 1.67. The van der Waals surface area contributed by atoms with Gasteiger partial charge in [-0.05, 0) is 35.4 Å². The van der Waals surface area contributed by atoms with Crippen LogP contribution in [0.5, 0.6) is 0 Å². The Morgan fingerprint density at radius 1 is 0.650 bits per heavy atom. The Bertz CT molecular complexity index is 564. The van der Waals surface area contributed by atoms with Gasteiger partial charge in [0.05, 0.1) is 5.03 Å². The number of hydrogen-bond acceptors (Lipinski definition) is 0. The average Bonchev–Trinajstić information content (AvgIpc) is 2.43. The quantitative estimate of drug-likeness (QED) is 0.548. The maximum atomic E-state index is 6.28. The molecule has 0 bridgehead atoms. The van der Waals surface area contributed by atoms with Crippen LogP contribution in [0.15, 0.2) is 58.1 Å². The van der Waals surface area contributed by atoms with E-state index >= 15 is 0 Å². The molecule has 0 heterocycles. The molecule has 0 aromatic heterocycles.